The molecule has 130 valence electrons. The van der Waals surface area contributed by atoms with E-state index in [4.69, 9.17) is 16.7 Å². The van der Waals surface area contributed by atoms with E-state index < -0.39 is 29.1 Å². The van der Waals surface area contributed by atoms with Gasteiger partial charge in [0.25, 0.3) is 0 Å². The minimum Gasteiger partial charge on any atom is -0.478 e. The maximum absolute atomic E-state index is 14.2. The van der Waals surface area contributed by atoms with Crippen LogP contribution in [0.25, 0.3) is 10.9 Å². The molecule has 0 aliphatic rings. The number of halogens is 5. The minimum absolute atomic E-state index is 0.0286. The highest BCUT2D eigenvalue weighted by Crippen LogP contribution is 2.35. The lowest BCUT2D eigenvalue weighted by Gasteiger charge is -2.10. The Morgan fingerprint density at radius 2 is 2.00 bits per heavy atom. The number of carboxylic acid groups (broad SMARTS) is 1. The summed E-state index contributed by atoms with van der Waals surface area (Å²) in [5.74, 6) is -2.35. The zero-order chi connectivity index (χ0) is 18.4. The van der Waals surface area contributed by atoms with Crippen molar-refractivity contribution in [1.29, 1.82) is 0 Å². The summed E-state index contributed by atoms with van der Waals surface area (Å²) in [5.41, 5.74) is -1.18. The molecule has 1 aromatic heterocycles. The van der Waals surface area contributed by atoms with E-state index in [0.717, 1.165) is 18.2 Å². The van der Waals surface area contributed by atoms with Gasteiger partial charge >= 0.3 is 12.1 Å². The van der Waals surface area contributed by atoms with Crippen LogP contribution < -0.4 is 0 Å². The van der Waals surface area contributed by atoms with Gasteiger partial charge < -0.3 is 5.11 Å². The molecule has 0 saturated heterocycles. The van der Waals surface area contributed by atoms with Gasteiger partial charge in [0.1, 0.15) is 5.82 Å². The number of fused-ring (bicyclic) bond motifs is 1. The molecule has 0 unspecified atom stereocenters. The summed E-state index contributed by atoms with van der Waals surface area (Å²) < 4.78 is 54.0. The first-order valence-corrected chi connectivity index (χ1v) is 7.29. The standard InChI is InChI=1S/C16H9ClF4N2O2/c17-12-5-10(16(19,20)21)4-9-6-22-23(14(9)12)7-8-2-1-3-11(13(8)18)15(24)25/h1-6H,7H2,(H,24,25). The summed E-state index contributed by atoms with van der Waals surface area (Å²) in [7, 11) is 0. The lowest BCUT2D eigenvalue weighted by atomic mass is 10.1. The molecule has 0 aliphatic carbocycles. The number of hydrogen-bond donors (Lipinski definition) is 1. The highest BCUT2D eigenvalue weighted by atomic mass is 35.5. The van der Waals surface area contributed by atoms with Gasteiger partial charge in [-0.15, -0.1) is 0 Å². The number of benzene rings is 2. The Balaban J connectivity index is 2.07. The van der Waals surface area contributed by atoms with E-state index in [9.17, 15) is 22.4 Å². The fourth-order valence-electron chi connectivity index (χ4n) is 2.49. The maximum atomic E-state index is 14.2. The summed E-state index contributed by atoms with van der Waals surface area (Å²) in [6, 6.07) is 5.52. The van der Waals surface area contributed by atoms with E-state index in [1.54, 1.807) is 0 Å². The molecule has 0 bridgehead atoms. The van der Waals surface area contributed by atoms with Crippen LogP contribution in [0.2, 0.25) is 5.02 Å². The number of hydrogen-bond acceptors (Lipinski definition) is 2. The Kier molecular flexibility index (Phi) is 4.16. The van der Waals surface area contributed by atoms with Crippen LogP contribution in [0.15, 0.2) is 36.5 Å². The lowest BCUT2D eigenvalue weighted by Crippen LogP contribution is -2.09. The van der Waals surface area contributed by atoms with Crippen LogP contribution in [-0.4, -0.2) is 20.9 Å². The third kappa shape index (κ3) is 3.17. The number of aromatic nitrogens is 2. The Labute approximate surface area is 143 Å². The molecule has 9 heteroatoms. The predicted octanol–water partition coefficient (Wildman–Crippen LogP) is 4.59. The van der Waals surface area contributed by atoms with Crippen molar-refractivity contribution in [3.63, 3.8) is 0 Å². The first-order valence-electron chi connectivity index (χ1n) is 6.91. The zero-order valence-corrected chi connectivity index (χ0v) is 13.1. The molecule has 0 radical (unpaired) electrons. The number of nitrogens with zero attached hydrogens (tertiary/aromatic N) is 2. The van der Waals surface area contributed by atoms with Crippen molar-refractivity contribution in [1.82, 2.24) is 9.78 Å². The third-order valence-corrected chi connectivity index (χ3v) is 3.93. The maximum Gasteiger partial charge on any atom is 0.416 e. The van der Waals surface area contributed by atoms with Gasteiger partial charge in [0.2, 0.25) is 0 Å². The van der Waals surface area contributed by atoms with Crippen LogP contribution in [-0.2, 0) is 12.7 Å². The van der Waals surface area contributed by atoms with Crippen LogP contribution in [0.4, 0.5) is 17.6 Å². The van der Waals surface area contributed by atoms with Gasteiger partial charge in [-0.1, -0.05) is 23.7 Å². The monoisotopic (exact) mass is 372 g/mol. The number of carboxylic acids is 1. The molecular formula is C16H9ClF4N2O2. The van der Waals surface area contributed by atoms with Gasteiger partial charge in [-0.25, -0.2) is 9.18 Å². The van der Waals surface area contributed by atoms with Gasteiger partial charge in [0.15, 0.2) is 0 Å². The van der Waals surface area contributed by atoms with E-state index in [1.807, 2.05) is 0 Å². The van der Waals surface area contributed by atoms with E-state index in [2.05, 4.69) is 5.10 Å². The number of rotatable bonds is 3. The second-order valence-electron chi connectivity index (χ2n) is 5.28. The molecule has 1 heterocycles. The fourth-order valence-corrected chi connectivity index (χ4v) is 2.82. The van der Waals surface area contributed by atoms with Gasteiger partial charge in [-0.05, 0) is 18.2 Å². The molecule has 3 rings (SSSR count). The van der Waals surface area contributed by atoms with Crippen LogP contribution >= 0.6 is 11.6 Å². The molecule has 3 aromatic rings. The molecule has 2 aromatic carbocycles. The summed E-state index contributed by atoms with van der Waals surface area (Å²) in [6.07, 6.45) is -3.36. The van der Waals surface area contributed by atoms with Gasteiger partial charge in [0.05, 0.1) is 34.4 Å². The van der Waals surface area contributed by atoms with E-state index in [1.165, 1.54) is 23.0 Å². The molecule has 4 nitrogen and oxygen atoms in total. The molecule has 25 heavy (non-hydrogen) atoms. The average molecular weight is 373 g/mol. The first kappa shape index (κ1) is 17.2. The first-order chi connectivity index (χ1) is 11.7. The highest BCUT2D eigenvalue weighted by Gasteiger charge is 2.31. The van der Waals surface area contributed by atoms with Crippen LogP contribution in [0.5, 0.6) is 0 Å². The van der Waals surface area contributed by atoms with Crippen molar-refractivity contribution < 1.29 is 27.5 Å². The summed E-state index contributed by atoms with van der Waals surface area (Å²) >= 11 is 5.95. The zero-order valence-electron chi connectivity index (χ0n) is 12.3. The minimum atomic E-state index is -4.55. The molecule has 0 fully saturated rings. The second kappa shape index (κ2) is 6.03. The van der Waals surface area contributed by atoms with E-state index in [0.29, 0.717) is 0 Å². The van der Waals surface area contributed by atoms with Gasteiger partial charge in [0, 0.05) is 10.9 Å². The van der Waals surface area contributed by atoms with Crippen molar-refractivity contribution in [2.75, 3.05) is 0 Å². The topological polar surface area (TPSA) is 55.1 Å². The quantitative estimate of drug-likeness (QED) is 0.684. The molecule has 0 saturated carbocycles. The van der Waals surface area contributed by atoms with Gasteiger partial charge in [-0.3, -0.25) is 4.68 Å². The van der Waals surface area contributed by atoms with Crippen molar-refractivity contribution in [2.24, 2.45) is 0 Å². The summed E-state index contributed by atoms with van der Waals surface area (Å²) in [4.78, 5) is 11.0. The summed E-state index contributed by atoms with van der Waals surface area (Å²) in [6.45, 7) is -0.179. The highest BCUT2D eigenvalue weighted by molar-refractivity contribution is 6.35. The Hall–Kier alpha value is -2.61. The molecule has 0 atom stereocenters. The summed E-state index contributed by atoms with van der Waals surface area (Å²) in [5, 5.41) is 12.9. The molecule has 0 amide bonds. The Bertz CT molecular complexity index is 982. The number of carbonyl (C=O) groups is 1. The molecule has 1 N–H and O–H groups in total. The normalized spacial score (nSPS) is 11.9. The van der Waals surface area contributed by atoms with Crippen LogP contribution in [0.3, 0.4) is 0 Å². The largest absolute Gasteiger partial charge is 0.478 e. The molecular weight excluding hydrogens is 364 g/mol. The molecule has 0 spiro atoms. The number of alkyl halides is 3. The van der Waals surface area contributed by atoms with Crippen molar-refractivity contribution in [2.45, 2.75) is 12.7 Å². The predicted molar refractivity (Wildman–Crippen MR) is 82.2 cm³/mol. The van der Waals surface area contributed by atoms with E-state index >= 15 is 0 Å². The van der Waals surface area contributed by atoms with Crippen LogP contribution in [0, 0.1) is 5.82 Å². The third-order valence-electron chi connectivity index (χ3n) is 3.64. The lowest BCUT2D eigenvalue weighted by molar-refractivity contribution is -0.137. The SMILES string of the molecule is O=C(O)c1cccc(Cn2ncc3cc(C(F)(F)F)cc(Cl)c32)c1F. The Morgan fingerprint density at radius 1 is 1.28 bits per heavy atom. The average Bonchev–Trinajstić information content (AvgIpc) is 2.92. The smallest absolute Gasteiger partial charge is 0.416 e. The second-order valence-corrected chi connectivity index (χ2v) is 5.69. The van der Waals surface area contributed by atoms with Crippen molar-refractivity contribution in [3.8, 4) is 0 Å². The Morgan fingerprint density at radius 3 is 2.64 bits per heavy atom. The van der Waals surface area contributed by atoms with Crippen molar-refractivity contribution in [3.05, 3.63) is 64.1 Å². The number of aromatic carboxylic acids is 1. The van der Waals surface area contributed by atoms with Crippen LogP contribution in [0.1, 0.15) is 21.5 Å². The molecule has 0 aliphatic heterocycles. The fraction of sp³-hybridized carbons (Fsp3) is 0.125. The van der Waals surface area contributed by atoms with Crippen molar-refractivity contribution >= 4 is 28.5 Å². The van der Waals surface area contributed by atoms with E-state index in [-0.39, 0.29) is 28.0 Å². The van der Waals surface area contributed by atoms with Gasteiger partial charge in [-0.2, -0.15) is 18.3 Å².